The van der Waals surface area contributed by atoms with Crippen molar-refractivity contribution >= 4 is 22.6 Å². The highest BCUT2D eigenvalue weighted by atomic mass is 35.5. The van der Waals surface area contributed by atoms with Crippen LogP contribution in [0.1, 0.15) is 37.6 Å². The first-order valence-electron chi connectivity index (χ1n) is 11.0. The predicted molar refractivity (Wildman–Crippen MR) is 128 cm³/mol. The van der Waals surface area contributed by atoms with Gasteiger partial charge < -0.3 is 9.30 Å². The van der Waals surface area contributed by atoms with Crippen LogP contribution in [-0.4, -0.2) is 19.8 Å². The van der Waals surface area contributed by atoms with Crippen molar-refractivity contribution in [3.63, 3.8) is 0 Å². The van der Waals surface area contributed by atoms with E-state index < -0.39 is 5.67 Å². The second kappa shape index (κ2) is 8.03. The summed E-state index contributed by atoms with van der Waals surface area (Å²) in [4.78, 5) is 17.5. The lowest BCUT2D eigenvalue weighted by Crippen LogP contribution is -2.17. The summed E-state index contributed by atoms with van der Waals surface area (Å²) in [5.41, 5.74) is 2.07. The summed E-state index contributed by atoms with van der Waals surface area (Å²) < 4.78 is 23.7. The maximum Gasteiger partial charge on any atom is 0.258 e. The van der Waals surface area contributed by atoms with Crippen LogP contribution in [0.25, 0.3) is 16.7 Å². The zero-order chi connectivity index (χ0) is 23.3. The van der Waals surface area contributed by atoms with Crippen LogP contribution in [0.15, 0.2) is 65.6 Å². The fourth-order valence-electron chi connectivity index (χ4n) is 4.43. The Labute approximate surface area is 196 Å². The van der Waals surface area contributed by atoms with Crippen LogP contribution in [0.2, 0.25) is 5.02 Å². The molecule has 170 valence electrons. The fraction of sp³-hybridized carbons (Fsp3) is 0.308. The Hall–Kier alpha value is -3.12. The SMILES string of the molecule is Cn1c([C@@H]2C[C@@H]2C(C)(C)F)nc2ccc(-n3ccc(OCc4ccc(Cl)cc4)cc3=O)cc21. The molecule has 0 N–H and O–H groups in total. The van der Waals surface area contributed by atoms with E-state index in [-0.39, 0.29) is 17.4 Å². The zero-order valence-corrected chi connectivity index (χ0v) is 19.5. The van der Waals surface area contributed by atoms with Gasteiger partial charge in [-0.3, -0.25) is 9.36 Å². The number of nitrogens with zero attached hydrogens (tertiary/aromatic N) is 3. The van der Waals surface area contributed by atoms with Crippen LogP contribution in [0.3, 0.4) is 0 Å². The number of aromatic nitrogens is 3. The molecular formula is C26H25ClFN3O2. The first kappa shape index (κ1) is 21.7. The molecule has 7 heteroatoms. The predicted octanol–water partition coefficient (Wildman–Crippen LogP) is 5.81. The number of rotatable bonds is 6. The molecule has 1 aliphatic rings. The average molecular weight is 466 g/mol. The molecule has 0 bridgehead atoms. The molecule has 5 rings (SSSR count). The van der Waals surface area contributed by atoms with Gasteiger partial charge in [0.1, 0.15) is 23.8 Å². The number of aryl methyl sites for hydroxylation is 1. The second-order valence-corrected chi connectivity index (χ2v) is 9.64. The summed E-state index contributed by atoms with van der Waals surface area (Å²) in [6.07, 6.45) is 2.52. The van der Waals surface area contributed by atoms with Crippen LogP contribution in [0.5, 0.6) is 5.75 Å². The van der Waals surface area contributed by atoms with E-state index in [1.165, 1.54) is 6.07 Å². The van der Waals surface area contributed by atoms with Crippen molar-refractivity contribution in [2.75, 3.05) is 0 Å². The fourth-order valence-corrected chi connectivity index (χ4v) is 4.55. The van der Waals surface area contributed by atoms with E-state index in [0.29, 0.717) is 17.4 Å². The van der Waals surface area contributed by atoms with Crippen LogP contribution in [0.4, 0.5) is 4.39 Å². The molecule has 0 radical (unpaired) electrons. The molecule has 2 aromatic heterocycles. The van der Waals surface area contributed by atoms with Gasteiger partial charge in [0.15, 0.2) is 0 Å². The van der Waals surface area contributed by atoms with Gasteiger partial charge in [-0.1, -0.05) is 23.7 Å². The minimum Gasteiger partial charge on any atom is -0.489 e. The Morgan fingerprint density at radius 1 is 1.15 bits per heavy atom. The molecule has 2 aromatic carbocycles. The van der Waals surface area contributed by atoms with Crippen molar-refractivity contribution in [3.05, 3.63) is 87.6 Å². The molecule has 5 nitrogen and oxygen atoms in total. The van der Waals surface area contributed by atoms with Crippen LogP contribution >= 0.6 is 11.6 Å². The van der Waals surface area contributed by atoms with Crippen molar-refractivity contribution in [1.82, 2.24) is 14.1 Å². The average Bonchev–Trinajstić information content (AvgIpc) is 3.52. The van der Waals surface area contributed by atoms with Crippen LogP contribution in [0, 0.1) is 5.92 Å². The topological polar surface area (TPSA) is 49.0 Å². The van der Waals surface area contributed by atoms with E-state index in [4.69, 9.17) is 21.3 Å². The van der Waals surface area contributed by atoms with E-state index in [1.807, 2.05) is 41.9 Å². The maximum atomic E-state index is 14.3. The Bertz CT molecular complexity index is 1390. The molecule has 0 unspecified atom stereocenters. The van der Waals surface area contributed by atoms with Crippen molar-refractivity contribution in [2.45, 2.75) is 38.5 Å². The normalized spacial score (nSPS) is 18.0. The highest BCUT2D eigenvalue weighted by Gasteiger charge is 2.51. The van der Waals surface area contributed by atoms with Gasteiger partial charge in [-0.25, -0.2) is 9.37 Å². The Morgan fingerprint density at radius 3 is 2.58 bits per heavy atom. The van der Waals surface area contributed by atoms with E-state index in [0.717, 1.165) is 34.5 Å². The molecule has 4 aromatic rings. The third-order valence-corrected chi connectivity index (χ3v) is 6.64. The smallest absolute Gasteiger partial charge is 0.258 e. The first-order chi connectivity index (χ1) is 15.7. The molecule has 0 amide bonds. The number of hydrogen-bond acceptors (Lipinski definition) is 3. The van der Waals surface area contributed by atoms with E-state index >= 15 is 0 Å². The van der Waals surface area contributed by atoms with E-state index in [9.17, 15) is 9.18 Å². The number of alkyl halides is 1. The lowest BCUT2D eigenvalue weighted by atomic mass is 10.0. The summed E-state index contributed by atoms with van der Waals surface area (Å²) in [7, 11) is 1.95. The van der Waals surface area contributed by atoms with Crippen molar-refractivity contribution < 1.29 is 9.13 Å². The summed E-state index contributed by atoms with van der Waals surface area (Å²) in [6, 6.07) is 16.4. The van der Waals surface area contributed by atoms with E-state index in [2.05, 4.69) is 0 Å². The second-order valence-electron chi connectivity index (χ2n) is 9.20. The van der Waals surface area contributed by atoms with Gasteiger partial charge in [0.25, 0.3) is 5.56 Å². The summed E-state index contributed by atoms with van der Waals surface area (Å²) in [5.74, 6) is 1.53. The third-order valence-electron chi connectivity index (χ3n) is 6.39. The number of halogens is 2. The number of fused-ring (bicyclic) bond motifs is 1. The molecule has 0 saturated heterocycles. The minimum atomic E-state index is -1.21. The third kappa shape index (κ3) is 4.27. The standard InChI is InChI=1S/C26H25ClFN3O2/c1-26(2,28)21-14-20(21)25-29-22-9-8-18(12-23(22)30(25)3)31-11-10-19(13-24(31)32)33-15-16-4-6-17(27)7-5-16/h4-13,20-21H,14-15H2,1-3H3/t20-,21+/m1/s1. The summed E-state index contributed by atoms with van der Waals surface area (Å²) in [6.45, 7) is 3.61. The molecular weight excluding hydrogens is 441 g/mol. The Morgan fingerprint density at radius 2 is 1.91 bits per heavy atom. The quantitative estimate of drug-likeness (QED) is 0.361. The molecule has 1 fully saturated rings. The number of ether oxygens (including phenoxy) is 1. The van der Waals surface area contributed by atoms with Crippen molar-refractivity contribution in [1.29, 1.82) is 0 Å². The van der Waals surface area contributed by atoms with Gasteiger partial charge in [0.2, 0.25) is 0 Å². The van der Waals surface area contributed by atoms with Gasteiger partial charge in [-0.15, -0.1) is 0 Å². The first-order valence-corrected chi connectivity index (χ1v) is 11.3. The van der Waals surface area contributed by atoms with Crippen molar-refractivity contribution in [2.24, 2.45) is 13.0 Å². The number of hydrogen-bond donors (Lipinski definition) is 0. The highest BCUT2D eigenvalue weighted by Crippen LogP contribution is 2.54. The van der Waals surface area contributed by atoms with Gasteiger partial charge in [-0.2, -0.15) is 0 Å². The molecule has 2 heterocycles. The maximum absolute atomic E-state index is 14.3. The zero-order valence-electron chi connectivity index (χ0n) is 18.8. The largest absolute Gasteiger partial charge is 0.489 e. The summed E-state index contributed by atoms with van der Waals surface area (Å²) in [5, 5.41) is 0.669. The molecule has 33 heavy (non-hydrogen) atoms. The minimum absolute atomic E-state index is 0.00415. The Kier molecular flexibility index (Phi) is 5.28. The van der Waals surface area contributed by atoms with Gasteiger partial charge in [0.05, 0.1) is 16.7 Å². The van der Waals surface area contributed by atoms with Crippen LogP contribution in [-0.2, 0) is 13.7 Å². The lowest BCUT2D eigenvalue weighted by Gasteiger charge is -2.13. The monoisotopic (exact) mass is 465 g/mol. The van der Waals surface area contributed by atoms with Crippen LogP contribution < -0.4 is 10.3 Å². The molecule has 1 aliphatic carbocycles. The van der Waals surface area contributed by atoms with Gasteiger partial charge in [-0.05, 0) is 62.2 Å². The van der Waals surface area contributed by atoms with Crippen molar-refractivity contribution in [3.8, 4) is 11.4 Å². The summed E-state index contributed by atoms with van der Waals surface area (Å²) >= 11 is 5.91. The molecule has 2 atom stereocenters. The molecule has 0 spiro atoms. The van der Waals surface area contributed by atoms with Gasteiger partial charge in [0, 0.05) is 36.2 Å². The number of pyridine rings is 1. The lowest BCUT2D eigenvalue weighted by molar-refractivity contribution is 0.179. The molecule has 0 aliphatic heterocycles. The number of imidazole rings is 1. The Balaban J connectivity index is 1.38. The number of benzene rings is 2. The van der Waals surface area contributed by atoms with Gasteiger partial charge >= 0.3 is 0 Å². The molecule has 1 saturated carbocycles. The highest BCUT2D eigenvalue weighted by molar-refractivity contribution is 6.30. The van der Waals surface area contributed by atoms with E-state index in [1.54, 1.807) is 42.8 Å².